The zero-order chi connectivity index (χ0) is 20.9. The van der Waals surface area contributed by atoms with Crippen molar-refractivity contribution in [3.05, 3.63) is 70.6 Å². The normalized spacial score (nSPS) is 13.9. The Morgan fingerprint density at radius 2 is 1.87 bits per heavy atom. The number of rotatable bonds is 5. The van der Waals surface area contributed by atoms with Gasteiger partial charge >= 0.3 is 0 Å². The maximum atomic E-state index is 12.8. The van der Waals surface area contributed by atoms with Gasteiger partial charge in [-0.3, -0.25) is 9.59 Å². The van der Waals surface area contributed by atoms with Gasteiger partial charge < -0.3 is 14.5 Å². The second-order valence-corrected chi connectivity index (χ2v) is 6.93. The molecule has 8 nitrogen and oxygen atoms in total. The van der Waals surface area contributed by atoms with Crippen LogP contribution >= 0.6 is 0 Å². The van der Waals surface area contributed by atoms with Gasteiger partial charge in [0.2, 0.25) is 5.88 Å². The summed E-state index contributed by atoms with van der Waals surface area (Å²) in [6, 6.07) is 14.8. The standard InChI is InChI=1S/C22H23N5O3/c1-2-30-20-9-8-17(15-23-20)22(29)27-12-10-26(11-13-27)18-14-19(28)24-25-21(18)16-6-4-3-5-7-16/h3-9,14-15H,2,10-13H2,1H3,(H,24,28). The Kier molecular flexibility index (Phi) is 5.74. The van der Waals surface area contributed by atoms with E-state index in [4.69, 9.17) is 4.74 Å². The molecular formula is C22H23N5O3. The highest BCUT2D eigenvalue weighted by molar-refractivity contribution is 5.94. The van der Waals surface area contributed by atoms with Crippen molar-refractivity contribution in [3.63, 3.8) is 0 Å². The van der Waals surface area contributed by atoms with Crippen LogP contribution in [0.15, 0.2) is 59.5 Å². The van der Waals surface area contributed by atoms with Gasteiger partial charge in [0.25, 0.3) is 11.5 Å². The maximum absolute atomic E-state index is 12.8. The first-order chi connectivity index (χ1) is 14.7. The van der Waals surface area contributed by atoms with Gasteiger partial charge in [0.1, 0.15) is 5.69 Å². The average molecular weight is 405 g/mol. The van der Waals surface area contributed by atoms with Crippen LogP contribution in [0.5, 0.6) is 5.88 Å². The molecule has 1 aliphatic rings. The number of hydrogen-bond acceptors (Lipinski definition) is 6. The minimum absolute atomic E-state index is 0.0579. The van der Waals surface area contributed by atoms with Gasteiger partial charge in [-0.25, -0.2) is 10.1 Å². The third-order valence-corrected chi connectivity index (χ3v) is 5.02. The SMILES string of the molecule is CCOc1ccc(C(=O)N2CCN(c3cc(=O)[nH]nc3-c3ccccc3)CC2)cn1. The quantitative estimate of drug-likeness (QED) is 0.700. The molecule has 2 aromatic heterocycles. The Morgan fingerprint density at radius 1 is 1.10 bits per heavy atom. The highest BCUT2D eigenvalue weighted by Gasteiger charge is 2.25. The first-order valence-corrected chi connectivity index (χ1v) is 9.94. The number of amides is 1. The number of aromatic amines is 1. The van der Waals surface area contributed by atoms with Gasteiger partial charge in [-0.1, -0.05) is 30.3 Å². The largest absolute Gasteiger partial charge is 0.478 e. The molecule has 8 heteroatoms. The van der Waals surface area contributed by atoms with Gasteiger partial charge in [-0.05, 0) is 13.0 Å². The summed E-state index contributed by atoms with van der Waals surface area (Å²) in [4.78, 5) is 32.8. The van der Waals surface area contributed by atoms with Crippen molar-refractivity contribution in [1.82, 2.24) is 20.1 Å². The molecule has 30 heavy (non-hydrogen) atoms. The maximum Gasteiger partial charge on any atom is 0.266 e. The molecule has 4 rings (SSSR count). The van der Waals surface area contributed by atoms with E-state index in [9.17, 15) is 9.59 Å². The average Bonchev–Trinajstić information content (AvgIpc) is 2.80. The molecule has 1 aromatic carbocycles. The summed E-state index contributed by atoms with van der Waals surface area (Å²) in [5.74, 6) is 0.451. The predicted molar refractivity (Wildman–Crippen MR) is 114 cm³/mol. The van der Waals surface area contributed by atoms with Crippen LogP contribution in [0.3, 0.4) is 0 Å². The zero-order valence-corrected chi connectivity index (χ0v) is 16.7. The highest BCUT2D eigenvalue weighted by Crippen LogP contribution is 2.28. The molecule has 1 N–H and O–H groups in total. The number of pyridine rings is 1. The van der Waals surface area contributed by atoms with Crippen molar-refractivity contribution in [2.45, 2.75) is 6.92 Å². The van der Waals surface area contributed by atoms with Crippen molar-refractivity contribution in [2.75, 3.05) is 37.7 Å². The van der Waals surface area contributed by atoms with Crippen molar-refractivity contribution in [1.29, 1.82) is 0 Å². The van der Waals surface area contributed by atoms with Crippen LogP contribution in [0.25, 0.3) is 11.3 Å². The van der Waals surface area contributed by atoms with Gasteiger partial charge in [0, 0.05) is 50.1 Å². The molecule has 0 bridgehead atoms. The predicted octanol–water partition coefficient (Wildman–Crippen LogP) is 2.19. The first-order valence-electron chi connectivity index (χ1n) is 9.94. The van der Waals surface area contributed by atoms with Crippen LogP contribution in [0.2, 0.25) is 0 Å². The molecule has 0 aliphatic carbocycles. The number of nitrogens with one attached hydrogen (secondary N) is 1. The number of H-pyrrole nitrogens is 1. The Balaban J connectivity index is 1.48. The molecule has 1 aliphatic heterocycles. The van der Waals surface area contributed by atoms with E-state index in [1.807, 2.05) is 37.3 Å². The Labute approximate surface area is 174 Å². The molecule has 0 unspecified atom stereocenters. The molecule has 3 heterocycles. The summed E-state index contributed by atoms with van der Waals surface area (Å²) < 4.78 is 5.33. The molecule has 0 spiro atoms. The lowest BCUT2D eigenvalue weighted by atomic mass is 10.1. The molecule has 3 aromatic rings. The number of carbonyl (C=O) groups is 1. The fraction of sp³-hybridized carbons (Fsp3) is 0.273. The number of benzene rings is 1. The molecule has 0 saturated carbocycles. The number of anilines is 1. The fourth-order valence-electron chi connectivity index (χ4n) is 3.52. The van der Waals surface area contributed by atoms with Crippen LogP contribution in [-0.2, 0) is 0 Å². The second kappa shape index (κ2) is 8.77. The van der Waals surface area contributed by atoms with Crippen LogP contribution in [0, 0.1) is 0 Å². The summed E-state index contributed by atoms with van der Waals surface area (Å²) in [6.07, 6.45) is 1.55. The lowest BCUT2D eigenvalue weighted by Crippen LogP contribution is -2.49. The van der Waals surface area contributed by atoms with E-state index in [1.54, 1.807) is 29.3 Å². The van der Waals surface area contributed by atoms with Crippen LogP contribution in [-0.4, -0.2) is 58.8 Å². The summed E-state index contributed by atoms with van der Waals surface area (Å²) in [5.41, 5.74) is 2.73. The lowest BCUT2D eigenvalue weighted by molar-refractivity contribution is 0.0746. The number of ether oxygens (including phenoxy) is 1. The summed E-state index contributed by atoms with van der Waals surface area (Å²) in [5, 5.41) is 6.79. The minimum Gasteiger partial charge on any atom is -0.478 e. The topological polar surface area (TPSA) is 91.4 Å². The van der Waals surface area contributed by atoms with E-state index >= 15 is 0 Å². The second-order valence-electron chi connectivity index (χ2n) is 6.93. The summed E-state index contributed by atoms with van der Waals surface area (Å²) >= 11 is 0. The van der Waals surface area contributed by atoms with Crippen molar-refractivity contribution in [2.24, 2.45) is 0 Å². The van der Waals surface area contributed by atoms with Crippen molar-refractivity contribution < 1.29 is 9.53 Å². The van der Waals surface area contributed by atoms with Gasteiger partial charge in [0.05, 0.1) is 17.9 Å². The minimum atomic E-state index is -0.247. The van der Waals surface area contributed by atoms with E-state index in [0.29, 0.717) is 44.2 Å². The first kappa shape index (κ1) is 19.6. The lowest BCUT2D eigenvalue weighted by Gasteiger charge is -2.36. The van der Waals surface area contributed by atoms with E-state index in [1.165, 1.54) is 0 Å². The Hall–Kier alpha value is -3.68. The van der Waals surface area contributed by atoms with Gasteiger partial charge in [-0.15, -0.1) is 0 Å². The third-order valence-electron chi connectivity index (χ3n) is 5.02. The molecular weight excluding hydrogens is 382 g/mol. The smallest absolute Gasteiger partial charge is 0.266 e. The van der Waals surface area contributed by atoms with Crippen molar-refractivity contribution in [3.8, 4) is 17.1 Å². The van der Waals surface area contributed by atoms with E-state index in [0.717, 1.165) is 16.9 Å². The Bertz CT molecular complexity index is 1060. The monoisotopic (exact) mass is 405 g/mol. The summed E-state index contributed by atoms with van der Waals surface area (Å²) in [7, 11) is 0. The van der Waals surface area contributed by atoms with E-state index in [-0.39, 0.29) is 11.5 Å². The van der Waals surface area contributed by atoms with Gasteiger partial charge in [0.15, 0.2) is 0 Å². The number of aromatic nitrogens is 3. The van der Waals surface area contributed by atoms with E-state index in [2.05, 4.69) is 20.1 Å². The number of piperazine rings is 1. The fourth-order valence-corrected chi connectivity index (χ4v) is 3.52. The molecule has 1 amide bonds. The highest BCUT2D eigenvalue weighted by atomic mass is 16.5. The Morgan fingerprint density at radius 3 is 2.53 bits per heavy atom. The number of carbonyl (C=O) groups excluding carboxylic acids is 1. The molecule has 154 valence electrons. The molecule has 0 radical (unpaired) electrons. The van der Waals surface area contributed by atoms with Crippen LogP contribution < -0.4 is 15.2 Å². The molecule has 0 atom stereocenters. The molecule has 1 fully saturated rings. The van der Waals surface area contributed by atoms with Gasteiger partial charge in [-0.2, -0.15) is 5.10 Å². The zero-order valence-electron chi connectivity index (χ0n) is 16.7. The number of nitrogens with zero attached hydrogens (tertiary/aromatic N) is 4. The van der Waals surface area contributed by atoms with E-state index < -0.39 is 0 Å². The summed E-state index contributed by atoms with van der Waals surface area (Å²) in [6.45, 7) is 4.74. The van der Waals surface area contributed by atoms with Crippen molar-refractivity contribution >= 4 is 11.6 Å². The third kappa shape index (κ3) is 4.17. The van der Waals surface area contributed by atoms with Crippen LogP contribution in [0.1, 0.15) is 17.3 Å². The van der Waals surface area contributed by atoms with Crippen LogP contribution in [0.4, 0.5) is 5.69 Å². The number of hydrogen-bond donors (Lipinski definition) is 1. The molecule has 1 saturated heterocycles.